The smallest absolute Gasteiger partial charge is 0.00619 e. The fourth-order valence-electron chi connectivity index (χ4n) is 9.36. The minimum Gasteiger partial charge on any atom is -0.0767 e. The molecule has 10 aromatic rings. The van der Waals surface area contributed by atoms with Gasteiger partial charge < -0.3 is 0 Å². The molecule has 0 saturated heterocycles. The molecular weight excluding hydrogens is 865 g/mol. The Labute approximate surface area is 435 Å². The van der Waals surface area contributed by atoms with Gasteiger partial charge in [-0.3, -0.25) is 0 Å². The van der Waals surface area contributed by atoms with Gasteiger partial charge >= 0.3 is 0 Å². The summed E-state index contributed by atoms with van der Waals surface area (Å²) in [6, 6.07) is 65.6. The lowest BCUT2D eigenvalue weighted by Crippen LogP contribution is -2.01. The van der Waals surface area contributed by atoms with E-state index in [2.05, 4.69) is 256 Å². The molecule has 0 saturated carbocycles. The fourth-order valence-corrected chi connectivity index (χ4v) is 9.36. The summed E-state index contributed by atoms with van der Waals surface area (Å²) in [5.41, 5.74) is 10.3. The lowest BCUT2D eigenvalue weighted by atomic mass is 9.83. The summed E-state index contributed by atoms with van der Waals surface area (Å²) in [5, 5.41) is 15.8. The second-order valence-electron chi connectivity index (χ2n) is 18.4. The maximum Gasteiger partial charge on any atom is 0.00619 e. The molecule has 1 aliphatic rings. The molecule has 0 spiro atoms. The average Bonchev–Trinajstić information content (AvgIpc) is 3.45. The minimum atomic E-state index is 0.309. The standard InChI is InChI=1S/C55H38.C4H10.3C3H8.2C2H6/c1-35-24-25-39(36-12-10-13-37(30-36)40-26-28-51-47-20-4-2-16-43(47)45-18-6-8-22-49(45)54(51)33-40)32-53(35)42-15-11-14-38(31-42)41-27-29-52-48-21-5-3-17-44(48)46-19-7-9-23-50(46)55(52)34-41;1-3-4-2;3*1-3-2;2*1-2/h2-29,31-34,37H,30H2,1H3;3-4H2,1-2H3;3*3H2,1-2H3;2*1-2H3. The van der Waals surface area contributed by atoms with E-state index in [-0.39, 0.29) is 0 Å². The van der Waals surface area contributed by atoms with Crippen LogP contribution in [0.5, 0.6) is 0 Å². The third kappa shape index (κ3) is 13.0. The predicted molar refractivity (Wildman–Crippen MR) is 329 cm³/mol. The zero-order chi connectivity index (χ0) is 52.0. The van der Waals surface area contributed by atoms with Crippen molar-refractivity contribution in [2.45, 2.75) is 134 Å². The van der Waals surface area contributed by atoms with Gasteiger partial charge in [0, 0.05) is 5.92 Å². The van der Waals surface area contributed by atoms with Crippen molar-refractivity contribution in [3.8, 4) is 22.3 Å². The van der Waals surface area contributed by atoms with E-state index in [9.17, 15) is 0 Å². The third-order valence-electron chi connectivity index (χ3n) is 12.6. The maximum absolute atomic E-state index is 2.45. The molecule has 1 unspecified atom stereocenters. The molecule has 0 heterocycles. The topological polar surface area (TPSA) is 0 Å². The Kier molecular flexibility index (Phi) is 22.6. The lowest BCUT2D eigenvalue weighted by Gasteiger charge is -2.21. The monoisotopic (exact) mass is 949 g/mol. The van der Waals surface area contributed by atoms with E-state index >= 15 is 0 Å². The van der Waals surface area contributed by atoms with Crippen molar-refractivity contribution in [1.29, 1.82) is 0 Å². The van der Waals surface area contributed by atoms with E-state index in [0.29, 0.717) is 5.92 Å². The highest BCUT2D eigenvalue weighted by molar-refractivity contribution is 6.26. The largest absolute Gasteiger partial charge is 0.0767 e. The maximum atomic E-state index is 2.45. The Bertz CT molecular complexity index is 3260. The van der Waals surface area contributed by atoms with Crippen molar-refractivity contribution in [3.05, 3.63) is 211 Å². The van der Waals surface area contributed by atoms with Gasteiger partial charge in [0.15, 0.2) is 0 Å². The Morgan fingerprint density at radius 2 is 0.722 bits per heavy atom. The summed E-state index contributed by atoms with van der Waals surface area (Å²) in [7, 11) is 0. The minimum absolute atomic E-state index is 0.309. The molecule has 0 N–H and O–H groups in total. The fraction of sp³-hybridized carbons (Fsp3) is 0.278. The van der Waals surface area contributed by atoms with E-state index in [4.69, 9.17) is 0 Å². The van der Waals surface area contributed by atoms with E-state index in [0.717, 1.165) is 6.42 Å². The van der Waals surface area contributed by atoms with Crippen LogP contribution in [-0.4, -0.2) is 0 Å². The molecule has 1 aliphatic carbocycles. The molecule has 72 heavy (non-hydrogen) atoms. The van der Waals surface area contributed by atoms with Crippen LogP contribution in [0, 0.1) is 6.92 Å². The van der Waals surface area contributed by atoms with Crippen LogP contribution < -0.4 is 0 Å². The number of hydrogen-bond acceptors (Lipinski definition) is 0. The van der Waals surface area contributed by atoms with Gasteiger partial charge in [-0.15, -0.1) is 0 Å². The van der Waals surface area contributed by atoms with Gasteiger partial charge in [-0.25, -0.2) is 0 Å². The number of aryl methyl sites for hydroxylation is 1. The molecule has 10 aromatic carbocycles. The quantitative estimate of drug-likeness (QED) is 0.151. The normalized spacial score (nSPS) is 12.3. The summed E-state index contributed by atoms with van der Waals surface area (Å²) >= 11 is 0. The van der Waals surface area contributed by atoms with Crippen molar-refractivity contribution in [3.63, 3.8) is 0 Å². The van der Waals surface area contributed by atoms with Crippen molar-refractivity contribution in [1.82, 2.24) is 0 Å². The van der Waals surface area contributed by atoms with Crippen LogP contribution in [-0.2, 0) is 0 Å². The highest BCUT2D eigenvalue weighted by Crippen LogP contribution is 2.41. The van der Waals surface area contributed by atoms with Crippen LogP contribution in [0.3, 0.4) is 0 Å². The molecule has 0 radical (unpaired) electrons. The third-order valence-corrected chi connectivity index (χ3v) is 12.6. The van der Waals surface area contributed by atoms with Gasteiger partial charge in [-0.05, 0) is 147 Å². The van der Waals surface area contributed by atoms with E-state index in [1.807, 2.05) is 27.7 Å². The van der Waals surface area contributed by atoms with E-state index in [1.54, 1.807) is 0 Å². The summed E-state index contributed by atoms with van der Waals surface area (Å²) in [6.07, 6.45) is 14.3. The molecule has 11 rings (SSSR count). The van der Waals surface area contributed by atoms with Gasteiger partial charge in [-0.1, -0.05) is 285 Å². The molecule has 0 aliphatic heterocycles. The molecule has 0 nitrogen and oxygen atoms in total. The first-order chi connectivity index (χ1) is 35.3. The Morgan fingerprint density at radius 1 is 0.347 bits per heavy atom. The SMILES string of the molecule is CC.CC.CCC.CCC.CCC.CCCC.Cc1ccc(C2=CC=CC(c3ccc4c5ccccc5c5ccccc5c4c3)C2)cc1-c1cccc(-c2ccc3c4ccccc4c4ccccc4c3c2)c1. The van der Waals surface area contributed by atoms with Crippen LogP contribution >= 0.6 is 0 Å². The van der Waals surface area contributed by atoms with Crippen LogP contribution in [0.15, 0.2) is 194 Å². The first kappa shape index (κ1) is 56.2. The van der Waals surface area contributed by atoms with E-state index < -0.39 is 0 Å². The molecule has 0 amide bonds. The highest BCUT2D eigenvalue weighted by atomic mass is 14.2. The van der Waals surface area contributed by atoms with Crippen molar-refractivity contribution in [2.75, 3.05) is 0 Å². The number of fused-ring (bicyclic) bond motifs is 12. The van der Waals surface area contributed by atoms with Gasteiger partial charge in [0.1, 0.15) is 0 Å². The number of hydrogen-bond donors (Lipinski definition) is 0. The molecule has 0 heteroatoms. The summed E-state index contributed by atoms with van der Waals surface area (Å²) in [5.74, 6) is 0.309. The highest BCUT2D eigenvalue weighted by Gasteiger charge is 2.18. The van der Waals surface area contributed by atoms with Crippen LogP contribution in [0.2, 0.25) is 0 Å². The van der Waals surface area contributed by atoms with Crippen LogP contribution in [0.4, 0.5) is 0 Å². The Balaban J connectivity index is 0.000000505. The second-order valence-corrected chi connectivity index (χ2v) is 18.4. The van der Waals surface area contributed by atoms with Gasteiger partial charge in [0.25, 0.3) is 0 Å². The van der Waals surface area contributed by atoms with E-state index in [1.165, 1.54) is 141 Å². The second kappa shape index (κ2) is 28.9. The predicted octanol–water partition coefficient (Wildman–Crippen LogP) is 23.5. The first-order valence-corrected chi connectivity index (χ1v) is 27.6. The Hall–Kier alpha value is -6.76. The molecule has 1 atom stereocenters. The van der Waals surface area contributed by atoms with Gasteiger partial charge in [0.05, 0.1) is 0 Å². The molecule has 372 valence electrons. The summed E-state index contributed by atoms with van der Waals surface area (Å²) in [6.45, 7) is 27.3. The average molecular weight is 949 g/mol. The Morgan fingerprint density at radius 3 is 1.18 bits per heavy atom. The number of rotatable bonds is 5. The lowest BCUT2D eigenvalue weighted by molar-refractivity contribution is 0.869. The molecule has 0 bridgehead atoms. The van der Waals surface area contributed by atoms with Crippen molar-refractivity contribution in [2.24, 2.45) is 0 Å². The molecular formula is C72H84. The first-order valence-electron chi connectivity index (χ1n) is 27.6. The zero-order valence-corrected chi connectivity index (χ0v) is 46.3. The van der Waals surface area contributed by atoms with Crippen molar-refractivity contribution >= 4 is 70.2 Å². The van der Waals surface area contributed by atoms with Gasteiger partial charge in [0.2, 0.25) is 0 Å². The number of benzene rings is 10. The van der Waals surface area contributed by atoms with Crippen molar-refractivity contribution < 1.29 is 0 Å². The van der Waals surface area contributed by atoms with Crippen LogP contribution in [0.1, 0.15) is 144 Å². The van der Waals surface area contributed by atoms with Crippen LogP contribution in [0.25, 0.3) is 92.5 Å². The number of unbranched alkanes of at least 4 members (excludes halogenated alkanes) is 1. The molecule has 0 fully saturated rings. The summed E-state index contributed by atoms with van der Waals surface area (Å²) < 4.78 is 0. The van der Waals surface area contributed by atoms with Gasteiger partial charge in [-0.2, -0.15) is 0 Å². The molecule has 0 aromatic heterocycles. The number of allylic oxidation sites excluding steroid dienone is 4. The summed E-state index contributed by atoms with van der Waals surface area (Å²) in [4.78, 5) is 0. The zero-order valence-electron chi connectivity index (χ0n) is 46.3.